The summed E-state index contributed by atoms with van der Waals surface area (Å²) in [4.78, 5) is 11.0. The highest BCUT2D eigenvalue weighted by molar-refractivity contribution is 7.91. The first-order valence-electron chi connectivity index (χ1n) is 6.99. The van der Waals surface area contributed by atoms with Gasteiger partial charge in [-0.25, -0.2) is 8.42 Å². The summed E-state index contributed by atoms with van der Waals surface area (Å²) in [5.41, 5.74) is 0. The number of nitrogens with one attached hydrogen (secondary N) is 1. The lowest BCUT2D eigenvalue weighted by atomic mass is 10.0. The van der Waals surface area contributed by atoms with Gasteiger partial charge in [-0.2, -0.15) is 0 Å². The average molecular weight is 291 g/mol. The van der Waals surface area contributed by atoms with Crippen LogP contribution in [0.1, 0.15) is 39.0 Å². The molecule has 1 aliphatic rings. The Hall–Kier alpha value is -0.620. The van der Waals surface area contributed by atoms with Crippen LogP contribution in [0, 0.1) is 5.92 Å². The number of sulfone groups is 1. The second kappa shape index (κ2) is 7.85. The van der Waals surface area contributed by atoms with E-state index in [1.54, 1.807) is 0 Å². The van der Waals surface area contributed by atoms with Gasteiger partial charge >= 0.3 is 5.97 Å². The van der Waals surface area contributed by atoms with Gasteiger partial charge < -0.3 is 10.1 Å². The molecular weight excluding hydrogens is 266 g/mol. The molecule has 6 heteroatoms. The summed E-state index contributed by atoms with van der Waals surface area (Å²) < 4.78 is 28.1. The van der Waals surface area contributed by atoms with Crippen molar-refractivity contribution in [1.29, 1.82) is 0 Å². The van der Waals surface area contributed by atoms with Crippen molar-refractivity contribution in [3.63, 3.8) is 0 Å². The topological polar surface area (TPSA) is 72.5 Å². The van der Waals surface area contributed by atoms with E-state index in [1.807, 2.05) is 0 Å². The fraction of sp³-hybridized carbons (Fsp3) is 0.923. The highest BCUT2D eigenvalue weighted by atomic mass is 32.2. The van der Waals surface area contributed by atoms with Crippen LogP contribution in [0.25, 0.3) is 0 Å². The molecular formula is C13H25NO4S. The monoisotopic (exact) mass is 291 g/mol. The van der Waals surface area contributed by atoms with Crippen molar-refractivity contribution in [2.75, 3.05) is 25.2 Å². The van der Waals surface area contributed by atoms with Crippen LogP contribution < -0.4 is 5.32 Å². The molecule has 0 aromatic rings. The largest absolute Gasteiger partial charge is 0.469 e. The second-order valence-corrected chi connectivity index (χ2v) is 7.43. The van der Waals surface area contributed by atoms with Crippen LogP contribution in [0.15, 0.2) is 0 Å². The molecule has 0 aromatic carbocycles. The van der Waals surface area contributed by atoms with Crippen molar-refractivity contribution < 1.29 is 17.9 Å². The van der Waals surface area contributed by atoms with Gasteiger partial charge in [-0.15, -0.1) is 0 Å². The molecule has 2 atom stereocenters. The zero-order valence-corrected chi connectivity index (χ0v) is 12.7. The summed E-state index contributed by atoms with van der Waals surface area (Å²) in [5.74, 6) is 0.0669. The molecule has 0 aliphatic heterocycles. The molecule has 1 rings (SSSR count). The van der Waals surface area contributed by atoms with Gasteiger partial charge in [0.25, 0.3) is 0 Å². The maximum Gasteiger partial charge on any atom is 0.306 e. The van der Waals surface area contributed by atoms with Crippen LogP contribution in [0.2, 0.25) is 0 Å². The molecule has 112 valence electrons. The van der Waals surface area contributed by atoms with Gasteiger partial charge in [0.15, 0.2) is 9.84 Å². The van der Waals surface area contributed by atoms with Crippen molar-refractivity contribution >= 4 is 15.8 Å². The second-order valence-electron chi connectivity index (χ2n) is 5.12. The summed E-state index contributed by atoms with van der Waals surface area (Å²) in [7, 11) is -1.87. The average Bonchev–Trinajstić information content (AvgIpc) is 2.82. The predicted octanol–water partition coefficient (Wildman–Crippen LogP) is 1.13. The Labute approximate surface area is 116 Å². The van der Waals surface area contributed by atoms with E-state index in [-0.39, 0.29) is 17.9 Å². The molecule has 0 aromatic heterocycles. The van der Waals surface area contributed by atoms with E-state index in [0.29, 0.717) is 18.4 Å². The van der Waals surface area contributed by atoms with Gasteiger partial charge in [0.1, 0.15) is 0 Å². The molecule has 1 aliphatic carbocycles. The first-order chi connectivity index (χ1) is 8.98. The minimum absolute atomic E-state index is 0.0415. The Kier molecular flexibility index (Phi) is 6.79. The fourth-order valence-electron chi connectivity index (χ4n) is 2.69. The number of hydrogen-bond acceptors (Lipinski definition) is 5. The Morgan fingerprint density at radius 2 is 2.05 bits per heavy atom. The number of rotatable bonds is 8. The molecule has 0 radical (unpaired) electrons. The minimum atomic E-state index is -3.14. The molecule has 0 amide bonds. The standard InChI is InChI=1S/C13H25NO4S/c1-3-14-12-6-4-5-11(12)7-9-19(16,17)10-8-13(15)18-2/h11-12,14H,3-10H2,1-2H3. The van der Waals surface area contributed by atoms with Crippen LogP contribution in [0.4, 0.5) is 0 Å². The molecule has 0 heterocycles. The SMILES string of the molecule is CCNC1CCCC1CCS(=O)(=O)CCC(=O)OC. The van der Waals surface area contributed by atoms with Crippen molar-refractivity contribution in [3.8, 4) is 0 Å². The smallest absolute Gasteiger partial charge is 0.306 e. The van der Waals surface area contributed by atoms with E-state index in [1.165, 1.54) is 13.5 Å². The van der Waals surface area contributed by atoms with Gasteiger partial charge in [-0.3, -0.25) is 4.79 Å². The van der Waals surface area contributed by atoms with Gasteiger partial charge in [0.05, 0.1) is 25.0 Å². The van der Waals surface area contributed by atoms with E-state index >= 15 is 0 Å². The van der Waals surface area contributed by atoms with E-state index in [9.17, 15) is 13.2 Å². The highest BCUT2D eigenvalue weighted by Gasteiger charge is 2.27. The normalized spacial score (nSPS) is 23.5. The van der Waals surface area contributed by atoms with Crippen LogP contribution in [0.5, 0.6) is 0 Å². The summed E-state index contributed by atoms with van der Waals surface area (Å²) in [6.07, 6.45) is 4.07. The fourth-order valence-corrected chi connectivity index (χ4v) is 4.03. The lowest BCUT2D eigenvalue weighted by Gasteiger charge is -2.20. The van der Waals surface area contributed by atoms with Gasteiger partial charge in [-0.1, -0.05) is 13.3 Å². The van der Waals surface area contributed by atoms with Gasteiger partial charge in [0.2, 0.25) is 0 Å². The molecule has 0 bridgehead atoms. The minimum Gasteiger partial charge on any atom is -0.469 e. The molecule has 2 unspecified atom stereocenters. The zero-order chi connectivity index (χ0) is 14.3. The van der Waals surface area contributed by atoms with Crippen LogP contribution in [0.3, 0.4) is 0 Å². The van der Waals surface area contributed by atoms with E-state index in [0.717, 1.165) is 19.4 Å². The maximum absolute atomic E-state index is 11.8. The van der Waals surface area contributed by atoms with Crippen molar-refractivity contribution in [2.24, 2.45) is 5.92 Å². The number of esters is 1. The molecule has 0 saturated heterocycles. The number of ether oxygens (including phenoxy) is 1. The van der Waals surface area contributed by atoms with E-state index in [4.69, 9.17) is 0 Å². The van der Waals surface area contributed by atoms with Crippen molar-refractivity contribution in [1.82, 2.24) is 5.32 Å². The molecule has 19 heavy (non-hydrogen) atoms. The third-order valence-electron chi connectivity index (χ3n) is 3.77. The molecule has 5 nitrogen and oxygen atoms in total. The molecule has 1 fully saturated rings. The predicted molar refractivity (Wildman–Crippen MR) is 74.7 cm³/mol. The molecule has 1 N–H and O–H groups in total. The highest BCUT2D eigenvalue weighted by Crippen LogP contribution is 2.28. The van der Waals surface area contributed by atoms with Crippen LogP contribution in [-0.2, 0) is 19.4 Å². The molecule has 1 saturated carbocycles. The Balaban J connectivity index is 2.35. The van der Waals surface area contributed by atoms with Crippen molar-refractivity contribution in [2.45, 2.75) is 45.1 Å². The lowest BCUT2D eigenvalue weighted by molar-refractivity contribution is -0.140. The third kappa shape index (κ3) is 5.91. The summed E-state index contributed by atoms with van der Waals surface area (Å²) in [5, 5.41) is 3.42. The van der Waals surface area contributed by atoms with Crippen LogP contribution in [-0.4, -0.2) is 45.6 Å². The number of methoxy groups -OCH3 is 1. The van der Waals surface area contributed by atoms with Gasteiger partial charge in [0, 0.05) is 6.04 Å². The lowest BCUT2D eigenvalue weighted by Crippen LogP contribution is -2.33. The Morgan fingerprint density at radius 3 is 2.68 bits per heavy atom. The maximum atomic E-state index is 11.8. The first kappa shape index (κ1) is 16.4. The number of hydrogen-bond donors (Lipinski definition) is 1. The number of carbonyl (C=O) groups excluding carboxylic acids is 1. The van der Waals surface area contributed by atoms with Crippen molar-refractivity contribution in [3.05, 3.63) is 0 Å². The first-order valence-corrected chi connectivity index (χ1v) is 8.81. The zero-order valence-electron chi connectivity index (χ0n) is 11.9. The summed E-state index contributed by atoms with van der Waals surface area (Å²) in [6.45, 7) is 3.00. The summed E-state index contributed by atoms with van der Waals surface area (Å²) in [6, 6.07) is 0.459. The van der Waals surface area contributed by atoms with E-state index in [2.05, 4.69) is 17.0 Å². The molecule has 0 spiro atoms. The van der Waals surface area contributed by atoms with E-state index < -0.39 is 15.8 Å². The summed E-state index contributed by atoms with van der Waals surface area (Å²) >= 11 is 0. The Bertz CT molecular complexity index is 380. The van der Waals surface area contributed by atoms with Crippen LogP contribution >= 0.6 is 0 Å². The third-order valence-corrected chi connectivity index (χ3v) is 5.45. The Morgan fingerprint density at radius 1 is 1.32 bits per heavy atom. The quantitative estimate of drug-likeness (QED) is 0.679. The van der Waals surface area contributed by atoms with Gasteiger partial charge in [-0.05, 0) is 31.7 Å². The number of carbonyl (C=O) groups is 1.